The third-order valence-corrected chi connectivity index (χ3v) is 5.99. The monoisotopic (exact) mass is 473 g/mol. The van der Waals surface area contributed by atoms with Gasteiger partial charge in [-0.25, -0.2) is 12.8 Å². The van der Waals surface area contributed by atoms with Crippen molar-refractivity contribution in [3.05, 3.63) is 83.4 Å². The second-order valence-corrected chi connectivity index (χ2v) is 9.04. The summed E-state index contributed by atoms with van der Waals surface area (Å²) in [6.07, 6.45) is 4.21. The molecule has 0 aliphatic rings. The van der Waals surface area contributed by atoms with Crippen molar-refractivity contribution >= 4 is 21.6 Å². The van der Waals surface area contributed by atoms with Gasteiger partial charge >= 0.3 is 0 Å². The molecule has 10 heteroatoms. The molecular weight excluding hydrogens is 449 g/mol. The van der Waals surface area contributed by atoms with Gasteiger partial charge in [-0.05, 0) is 23.8 Å². The van der Waals surface area contributed by atoms with Crippen molar-refractivity contribution < 1.29 is 27.1 Å². The minimum atomic E-state index is -3.92. The van der Waals surface area contributed by atoms with E-state index in [1.54, 1.807) is 30.6 Å². The second kappa shape index (κ2) is 10.3. The largest absolute Gasteiger partial charge is 0.493 e. The van der Waals surface area contributed by atoms with Crippen molar-refractivity contribution in [3.8, 4) is 11.5 Å². The maximum absolute atomic E-state index is 14.3. The number of aromatic nitrogens is 1. The summed E-state index contributed by atoms with van der Waals surface area (Å²) in [6, 6.07) is 12.2. The molecule has 33 heavy (non-hydrogen) atoms. The highest BCUT2D eigenvalue weighted by Crippen LogP contribution is 2.37. The van der Waals surface area contributed by atoms with E-state index in [1.165, 1.54) is 44.6 Å². The van der Waals surface area contributed by atoms with E-state index < -0.39 is 21.7 Å². The number of rotatable bonds is 9. The Bertz CT molecular complexity index is 1240. The first kappa shape index (κ1) is 24.0. The van der Waals surface area contributed by atoms with Gasteiger partial charge in [0.15, 0.2) is 11.5 Å². The van der Waals surface area contributed by atoms with E-state index in [1.807, 2.05) is 0 Å². The molecule has 0 atom stereocenters. The third kappa shape index (κ3) is 5.78. The van der Waals surface area contributed by atoms with Crippen LogP contribution >= 0.6 is 0 Å². The van der Waals surface area contributed by atoms with Crippen molar-refractivity contribution in [3.63, 3.8) is 0 Å². The third-order valence-electron chi connectivity index (χ3n) is 4.86. The van der Waals surface area contributed by atoms with Crippen LogP contribution < -0.4 is 19.1 Å². The zero-order chi connectivity index (χ0) is 24.0. The summed E-state index contributed by atoms with van der Waals surface area (Å²) in [5.41, 5.74) is 0.971. The predicted molar refractivity (Wildman–Crippen MR) is 122 cm³/mol. The molecule has 0 saturated carbocycles. The van der Waals surface area contributed by atoms with Crippen LogP contribution in [-0.4, -0.2) is 39.8 Å². The average Bonchev–Trinajstić information content (AvgIpc) is 2.81. The molecule has 0 bridgehead atoms. The lowest BCUT2D eigenvalue weighted by molar-refractivity contribution is 0.0951. The van der Waals surface area contributed by atoms with Gasteiger partial charge in [0.25, 0.3) is 5.91 Å². The molecule has 3 rings (SSSR count). The topological polar surface area (TPSA) is 97.8 Å². The van der Waals surface area contributed by atoms with E-state index >= 15 is 0 Å². The molecule has 174 valence electrons. The van der Waals surface area contributed by atoms with E-state index in [-0.39, 0.29) is 41.4 Å². The van der Waals surface area contributed by atoms with Crippen LogP contribution in [-0.2, 0) is 23.1 Å². The van der Waals surface area contributed by atoms with Gasteiger partial charge in [-0.15, -0.1) is 0 Å². The van der Waals surface area contributed by atoms with E-state index in [4.69, 9.17) is 9.47 Å². The van der Waals surface area contributed by atoms with Crippen LogP contribution in [0.2, 0.25) is 0 Å². The van der Waals surface area contributed by atoms with Crippen LogP contribution in [0.15, 0.2) is 60.9 Å². The number of methoxy groups -OCH3 is 2. The first-order valence-corrected chi connectivity index (χ1v) is 11.7. The van der Waals surface area contributed by atoms with Crippen molar-refractivity contribution in [2.75, 3.05) is 24.8 Å². The Hall–Kier alpha value is -3.66. The molecule has 0 radical (unpaired) electrons. The molecule has 1 amide bonds. The molecule has 0 aliphatic carbocycles. The van der Waals surface area contributed by atoms with Gasteiger partial charge in [0.1, 0.15) is 5.82 Å². The van der Waals surface area contributed by atoms with Crippen LogP contribution in [0.4, 0.5) is 10.1 Å². The van der Waals surface area contributed by atoms with Crippen LogP contribution in [0, 0.1) is 5.82 Å². The van der Waals surface area contributed by atoms with Gasteiger partial charge in [-0.1, -0.05) is 24.3 Å². The minimum Gasteiger partial charge on any atom is -0.493 e. The number of ether oxygens (including phenoxy) is 2. The number of amides is 1. The zero-order valence-corrected chi connectivity index (χ0v) is 19.2. The van der Waals surface area contributed by atoms with E-state index in [9.17, 15) is 17.6 Å². The Balaban J connectivity index is 2.08. The molecule has 0 spiro atoms. The number of benzene rings is 2. The lowest BCUT2D eigenvalue weighted by atomic mass is 10.1. The van der Waals surface area contributed by atoms with Gasteiger partial charge < -0.3 is 14.8 Å². The first-order chi connectivity index (χ1) is 15.7. The number of nitrogens with zero attached hydrogens (tertiary/aromatic N) is 2. The summed E-state index contributed by atoms with van der Waals surface area (Å²) >= 11 is 0. The molecule has 2 aromatic carbocycles. The molecule has 1 heterocycles. The number of sulfonamides is 1. The number of halogens is 1. The molecule has 1 N–H and O–H groups in total. The molecule has 0 unspecified atom stereocenters. The smallest absolute Gasteiger partial charge is 0.253 e. The Morgan fingerprint density at radius 3 is 2.39 bits per heavy atom. The highest BCUT2D eigenvalue weighted by molar-refractivity contribution is 7.92. The molecule has 0 saturated heterocycles. The van der Waals surface area contributed by atoms with Gasteiger partial charge in [0.2, 0.25) is 10.0 Å². The van der Waals surface area contributed by atoms with Gasteiger partial charge in [0, 0.05) is 30.6 Å². The molecule has 3 aromatic rings. The number of carbonyl (C=O) groups is 1. The quantitative estimate of drug-likeness (QED) is 0.513. The lowest BCUT2D eigenvalue weighted by Crippen LogP contribution is -2.33. The Labute approximate surface area is 192 Å². The second-order valence-electron chi connectivity index (χ2n) is 7.13. The highest BCUT2D eigenvalue weighted by atomic mass is 32.2. The summed E-state index contributed by atoms with van der Waals surface area (Å²) in [5, 5.41) is 2.76. The maximum atomic E-state index is 14.3. The van der Waals surface area contributed by atoms with Crippen molar-refractivity contribution in [2.45, 2.75) is 13.1 Å². The number of pyridine rings is 1. The fourth-order valence-electron chi connectivity index (χ4n) is 3.20. The standard InChI is InChI=1S/C23H24FN3O5S/c1-31-21-11-18(23(28)26-14-16-7-6-10-25-13-16)20(12-22(21)32-2)27(33(3,29)30)15-17-8-4-5-9-19(17)24/h4-13H,14-15H2,1-3H3,(H,26,28). The number of hydrogen-bond donors (Lipinski definition) is 1. The number of carbonyl (C=O) groups excluding carboxylic acids is 1. The van der Waals surface area contributed by atoms with Gasteiger partial charge in [0.05, 0.1) is 38.3 Å². The fourth-order valence-corrected chi connectivity index (χ4v) is 4.08. The normalized spacial score (nSPS) is 11.0. The average molecular weight is 474 g/mol. The van der Waals surface area contributed by atoms with Crippen molar-refractivity contribution in [2.24, 2.45) is 0 Å². The first-order valence-electron chi connectivity index (χ1n) is 9.88. The zero-order valence-electron chi connectivity index (χ0n) is 18.4. The summed E-state index contributed by atoms with van der Waals surface area (Å²) in [6.45, 7) is -0.142. The van der Waals surface area contributed by atoms with Gasteiger partial charge in [-0.2, -0.15) is 0 Å². The Morgan fingerprint density at radius 2 is 1.79 bits per heavy atom. The lowest BCUT2D eigenvalue weighted by Gasteiger charge is -2.26. The summed E-state index contributed by atoms with van der Waals surface area (Å²) in [7, 11) is -1.12. The number of hydrogen-bond acceptors (Lipinski definition) is 6. The predicted octanol–water partition coefficient (Wildman–Crippen LogP) is 3.13. The molecular formula is C23H24FN3O5S. The summed E-state index contributed by atoms with van der Waals surface area (Å²) < 4.78 is 51.4. The van der Waals surface area contributed by atoms with E-state index in [0.29, 0.717) is 0 Å². The Morgan fingerprint density at radius 1 is 1.09 bits per heavy atom. The van der Waals surface area contributed by atoms with E-state index in [2.05, 4.69) is 10.3 Å². The molecule has 0 aliphatic heterocycles. The van der Waals surface area contributed by atoms with E-state index in [0.717, 1.165) is 16.1 Å². The molecule has 1 aromatic heterocycles. The van der Waals surface area contributed by atoms with Crippen LogP contribution in [0.5, 0.6) is 11.5 Å². The van der Waals surface area contributed by atoms with Crippen LogP contribution in [0.1, 0.15) is 21.5 Å². The van der Waals surface area contributed by atoms with Crippen LogP contribution in [0.25, 0.3) is 0 Å². The Kier molecular flexibility index (Phi) is 7.49. The van der Waals surface area contributed by atoms with Crippen molar-refractivity contribution in [1.29, 1.82) is 0 Å². The summed E-state index contributed by atoms with van der Waals surface area (Å²) in [5.74, 6) is -0.642. The van der Waals surface area contributed by atoms with Crippen molar-refractivity contribution in [1.82, 2.24) is 10.3 Å². The SMILES string of the molecule is COc1cc(C(=O)NCc2cccnc2)c(N(Cc2ccccc2F)S(C)(=O)=O)cc1OC. The summed E-state index contributed by atoms with van der Waals surface area (Å²) in [4.78, 5) is 17.1. The maximum Gasteiger partial charge on any atom is 0.253 e. The highest BCUT2D eigenvalue weighted by Gasteiger charge is 2.27. The number of anilines is 1. The molecule has 0 fully saturated rings. The van der Waals surface area contributed by atoms with Gasteiger partial charge in [-0.3, -0.25) is 14.1 Å². The molecule has 8 nitrogen and oxygen atoms in total. The van der Waals surface area contributed by atoms with Crippen LogP contribution in [0.3, 0.4) is 0 Å². The number of nitrogens with one attached hydrogen (secondary N) is 1. The minimum absolute atomic E-state index is 0.0262. The fraction of sp³-hybridized carbons (Fsp3) is 0.217.